The van der Waals surface area contributed by atoms with Crippen LogP contribution in [0.4, 0.5) is 0 Å². The maximum atomic E-state index is 11.8. The molecule has 1 amide bonds. The number of amides is 1. The number of hydrogen-bond acceptors (Lipinski definition) is 4. The minimum Gasteiger partial charge on any atom is -0.356 e. The normalized spacial score (nSPS) is 12.7. The van der Waals surface area contributed by atoms with Crippen molar-refractivity contribution in [3.8, 4) is 0 Å². The summed E-state index contributed by atoms with van der Waals surface area (Å²) in [6, 6.07) is 0. The maximum Gasteiger partial charge on any atom is 0.224 e. The topological polar surface area (TPSA) is 85.8 Å². The lowest BCUT2D eigenvalue weighted by Crippen LogP contribution is -2.36. The molecule has 1 aromatic rings. The van der Waals surface area contributed by atoms with Crippen molar-refractivity contribution in [3.63, 3.8) is 0 Å². The minimum absolute atomic E-state index is 0.0600. The lowest BCUT2D eigenvalue weighted by Gasteiger charge is -2.16. The Kier molecular flexibility index (Phi) is 6.35. The molecule has 1 atom stereocenters. The molecule has 0 saturated carbocycles. The number of aryl methyl sites for hydroxylation is 1. The SMILES string of the molecule is CC(C)CC(CN)C(=O)NCCCn1ccnn1. The lowest BCUT2D eigenvalue weighted by molar-refractivity contribution is -0.125. The molecule has 6 nitrogen and oxygen atoms in total. The Morgan fingerprint density at radius 1 is 1.50 bits per heavy atom. The Labute approximate surface area is 108 Å². The highest BCUT2D eigenvalue weighted by atomic mass is 16.1. The average molecular weight is 253 g/mol. The van der Waals surface area contributed by atoms with E-state index in [4.69, 9.17) is 5.73 Å². The molecule has 1 aromatic heterocycles. The van der Waals surface area contributed by atoms with Gasteiger partial charge in [0.2, 0.25) is 5.91 Å². The van der Waals surface area contributed by atoms with Gasteiger partial charge in [0.1, 0.15) is 0 Å². The van der Waals surface area contributed by atoms with Crippen molar-refractivity contribution >= 4 is 5.91 Å². The molecule has 18 heavy (non-hydrogen) atoms. The highest BCUT2D eigenvalue weighted by molar-refractivity contribution is 5.78. The molecule has 0 fully saturated rings. The Morgan fingerprint density at radius 3 is 2.83 bits per heavy atom. The van der Waals surface area contributed by atoms with Gasteiger partial charge in [-0.25, -0.2) is 0 Å². The van der Waals surface area contributed by atoms with E-state index in [0.717, 1.165) is 19.4 Å². The fraction of sp³-hybridized carbons (Fsp3) is 0.750. The van der Waals surface area contributed by atoms with E-state index in [1.165, 1.54) is 0 Å². The molecule has 0 bridgehead atoms. The highest BCUT2D eigenvalue weighted by Gasteiger charge is 2.17. The Hall–Kier alpha value is -1.43. The summed E-state index contributed by atoms with van der Waals surface area (Å²) < 4.78 is 1.75. The molecule has 6 heteroatoms. The van der Waals surface area contributed by atoms with Gasteiger partial charge in [0, 0.05) is 25.8 Å². The van der Waals surface area contributed by atoms with Crippen molar-refractivity contribution in [1.82, 2.24) is 20.3 Å². The second-order valence-electron chi connectivity index (χ2n) is 4.87. The third-order valence-electron chi connectivity index (χ3n) is 2.75. The van der Waals surface area contributed by atoms with E-state index < -0.39 is 0 Å². The molecule has 3 N–H and O–H groups in total. The first-order chi connectivity index (χ1) is 8.63. The first-order valence-corrected chi connectivity index (χ1v) is 6.45. The predicted octanol–water partition coefficient (Wildman–Crippen LogP) is 0.405. The number of carbonyl (C=O) groups is 1. The third-order valence-corrected chi connectivity index (χ3v) is 2.75. The van der Waals surface area contributed by atoms with E-state index in [1.54, 1.807) is 10.9 Å². The largest absolute Gasteiger partial charge is 0.356 e. The van der Waals surface area contributed by atoms with E-state index >= 15 is 0 Å². The molecule has 0 aromatic carbocycles. The second-order valence-corrected chi connectivity index (χ2v) is 4.87. The van der Waals surface area contributed by atoms with Gasteiger partial charge in [0.15, 0.2) is 0 Å². The van der Waals surface area contributed by atoms with Crippen LogP contribution in [0, 0.1) is 11.8 Å². The molecule has 1 unspecified atom stereocenters. The van der Waals surface area contributed by atoms with Crippen LogP contribution in [0.2, 0.25) is 0 Å². The molecular weight excluding hydrogens is 230 g/mol. The van der Waals surface area contributed by atoms with E-state index in [9.17, 15) is 4.79 Å². The number of nitrogens with one attached hydrogen (secondary N) is 1. The molecule has 102 valence electrons. The summed E-state index contributed by atoms with van der Waals surface area (Å²) in [7, 11) is 0. The maximum absolute atomic E-state index is 11.8. The smallest absolute Gasteiger partial charge is 0.224 e. The van der Waals surface area contributed by atoms with Gasteiger partial charge in [-0.2, -0.15) is 0 Å². The van der Waals surface area contributed by atoms with Crippen molar-refractivity contribution in [3.05, 3.63) is 12.4 Å². The van der Waals surface area contributed by atoms with Crippen LogP contribution >= 0.6 is 0 Å². The van der Waals surface area contributed by atoms with Crippen LogP contribution in [-0.4, -0.2) is 34.0 Å². The first kappa shape index (κ1) is 14.6. The van der Waals surface area contributed by atoms with Gasteiger partial charge in [0.05, 0.1) is 12.1 Å². The van der Waals surface area contributed by atoms with Crippen molar-refractivity contribution in [2.24, 2.45) is 17.6 Å². The van der Waals surface area contributed by atoms with E-state index in [-0.39, 0.29) is 11.8 Å². The molecule has 0 saturated heterocycles. The van der Waals surface area contributed by atoms with E-state index in [0.29, 0.717) is 19.0 Å². The van der Waals surface area contributed by atoms with Gasteiger partial charge < -0.3 is 11.1 Å². The Balaban J connectivity index is 2.19. The van der Waals surface area contributed by atoms with Crippen molar-refractivity contribution < 1.29 is 4.79 Å². The summed E-state index contributed by atoms with van der Waals surface area (Å²) in [6.07, 6.45) is 5.13. The van der Waals surface area contributed by atoms with Crippen molar-refractivity contribution in [1.29, 1.82) is 0 Å². The molecule has 0 aliphatic carbocycles. The fourth-order valence-corrected chi connectivity index (χ4v) is 1.83. The molecule has 0 aliphatic heterocycles. The molecule has 1 rings (SSSR count). The van der Waals surface area contributed by atoms with Crippen molar-refractivity contribution in [2.45, 2.75) is 33.2 Å². The van der Waals surface area contributed by atoms with Crippen molar-refractivity contribution in [2.75, 3.05) is 13.1 Å². The monoisotopic (exact) mass is 253 g/mol. The standard InChI is InChI=1S/C12H23N5O/c1-10(2)8-11(9-13)12(18)14-4-3-6-17-7-5-15-16-17/h5,7,10-11H,3-4,6,8-9,13H2,1-2H3,(H,14,18). The van der Waals surface area contributed by atoms with Crippen LogP contribution in [0.3, 0.4) is 0 Å². The van der Waals surface area contributed by atoms with E-state index in [2.05, 4.69) is 29.5 Å². The predicted molar refractivity (Wildman–Crippen MR) is 69.6 cm³/mol. The number of carbonyl (C=O) groups excluding carboxylic acids is 1. The molecule has 0 radical (unpaired) electrons. The van der Waals surface area contributed by atoms with Gasteiger partial charge in [0.25, 0.3) is 0 Å². The number of nitrogens with two attached hydrogens (primary N) is 1. The third kappa shape index (κ3) is 5.27. The molecule has 0 spiro atoms. The fourth-order valence-electron chi connectivity index (χ4n) is 1.83. The van der Waals surface area contributed by atoms with Gasteiger partial charge in [-0.1, -0.05) is 19.1 Å². The van der Waals surface area contributed by atoms with Gasteiger partial charge >= 0.3 is 0 Å². The number of aromatic nitrogens is 3. The zero-order valence-corrected chi connectivity index (χ0v) is 11.2. The summed E-state index contributed by atoms with van der Waals surface area (Å²) in [5.41, 5.74) is 5.62. The van der Waals surface area contributed by atoms with Crippen LogP contribution in [0.25, 0.3) is 0 Å². The highest BCUT2D eigenvalue weighted by Crippen LogP contribution is 2.10. The quantitative estimate of drug-likeness (QED) is 0.657. The summed E-state index contributed by atoms with van der Waals surface area (Å²) in [5, 5.41) is 10.5. The van der Waals surface area contributed by atoms with E-state index in [1.807, 2.05) is 6.20 Å². The summed E-state index contributed by atoms with van der Waals surface area (Å²) in [6.45, 7) is 6.01. The number of hydrogen-bond donors (Lipinski definition) is 2. The van der Waals surface area contributed by atoms with Crippen LogP contribution in [0.5, 0.6) is 0 Å². The summed E-state index contributed by atoms with van der Waals surface area (Å²) in [5.74, 6) is 0.473. The Bertz CT molecular complexity index is 336. The molecular formula is C12H23N5O. The summed E-state index contributed by atoms with van der Waals surface area (Å²) in [4.78, 5) is 11.8. The minimum atomic E-state index is -0.0728. The number of nitrogens with zero attached hydrogens (tertiary/aromatic N) is 3. The van der Waals surface area contributed by atoms with Gasteiger partial charge in [-0.15, -0.1) is 5.10 Å². The first-order valence-electron chi connectivity index (χ1n) is 6.45. The lowest BCUT2D eigenvalue weighted by atomic mass is 9.96. The average Bonchev–Trinajstić information content (AvgIpc) is 2.84. The van der Waals surface area contributed by atoms with Crippen LogP contribution in [0.1, 0.15) is 26.7 Å². The van der Waals surface area contributed by atoms with Crippen LogP contribution in [0.15, 0.2) is 12.4 Å². The second kappa shape index (κ2) is 7.81. The molecule has 0 aliphatic rings. The van der Waals surface area contributed by atoms with Crippen LogP contribution < -0.4 is 11.1 Å². The molecule has 1 heterocycles. The number of rotatable bonds is 8. The Morgan fingerprint density at radius 2 is 2.28 bits per heavy atom. The van der Waals surface area contributed by atoms with Crippen LogP contribution in [-0.2, 0) is 11.3 Å². The summed E-state index contributed by atoms with van der Waals surface area (Å²) >= 11 is 0. The zero-order valence-electron chi connectivity index (χ0n) is 11.2. The zero-order chi connectivity index (χ0) is 13.4. The van der Waals surface area contributed by atoms with Gasteiger partial charge in [-0.05, 0) is 18.8 Å². The van der Waals surface area contributed by atoms with Gasteiger partial charge in [-0.3, -0.25) is 9.48 Å².